The molecule has 1 aromatic carbocycles. The van der Waals surface area contributed by atoms with E-state index in [1.54, 1.807) is 4.68 Å². The van der Waals surface area contributed by atoms with Crippen molar-refractivity contribution < 1.29 is 14.2 Å². The van der Waals surface area contributed by atoms with Gasteiger partial charge < -0.3 is 19.5 Å². The normalized spacial score (nSPS) is 14.9. The van der Waals surface area contributed by atoms with Crippen LogP contribution in [0, 0.1) is 0 Å². The maximum atomic E-state index is 6.79. The second kappa shape index (κ2) is 10.6. The lowest BCUT2D eigenvalue weighted by molar-refractivity contribution is 0.0322. The van der Waals surface area contributed by atoms with Gasteiger partial charge in [-0.15, -0.1) is 5.10 Å². The number of rotatable bonds is 9. The first kappa shape index (κ1) is 23.6. The number of benzene rings is 1. The summed E-state index contributed by atoms with van der Waals surface area (Å²) < 4.78 is 19.3. The molecular weight excluding hydrogens is 442 g/mol. The zero-order chi connectivity index (χ0) is 23.4. The molecule has 9 heteroatoms. The summed E-state index contributed by atoms with van der Waals surface area (Å²) in [7, 11) is 0. The Morgan fingerprint density at radius 1 is 1.12 bits per heavy atom. The van der Waals surface area contributed by atoms with Crippen LogP contribution in [-0.4, -0.2) is 71.3 Å². The molecule has 4 rings (SSSR count). The maximum Gasteiger partial charge on any atom is 0.157 e. The highest BCUT2D eigenvalue weighted by atomic mass is 35.5. The van der Waals surface area contributed by atoms with Crippen molar-refractivity contribution >= 4 is 28.3 Å². The maximum absolute atomic E-state index is 6.79. The summed E-state index contributed by atoms with van der Waals surface area (Å²) in [6.07, 6.45) is 1.87. The van der Waals surface area contributed by atoms with Gasteiger partial charge in [0.2, 0.25) is 0 Å². The standard InChI is InChI=1S/C24H32ClN5O3/c1-16(2)26-21-7-8-30(28-21)22-15-20(33-17(3)4)18-5-6-19(23(25)24(18)27-22)32-14-11-29-9-12-31-13-10-29/h5-8,15-17H,9-14H2,1-4H3,(H,26,28). The Morgan fingerprint density at radius 2 is 1.91 bits per heavy atom. The molecule has 178 valence electrons. The Bertz CT molecular complexity index is 1080. The van der Waals surface area contributed by atoms with Crippen LogP contribution in [0.4, 0.5) is 5.82 Å². The molecule has 0 aliphatic carbocycles. The summed E-state index contributed by atoms with van der Waals surface area (Å²) in [6.45, 7) is 12.9. The van der Waals surface area contributed by atoms with Gasteiger partial charge in [0.1, 0.15) is 28.9 Å². The molecule has 3 aromatic rings. The van der Waals surface area contributed by atoms with E-state index in [4.69, 9.17) is 30.8 Å². The molecule has 1 aliphatic rings. The number of hydrogen-bond donors (Lipinski definition) is 1. The Balaban J connectivity index is 1.63. The fraction of sp³-hybridized carbons (Fsp3) is 0.500. The van der Waals surface area contributed by atoms with Crippen LogP contribution in [0.5, 0.6) is 11.5 Å². The summed E-state index contributed by atoms with van der Waals surface area (Å²) in [5.74, 6) is 2.73. The summed E-state index contributed by atoms with van der Waals surface area (Å²) >= 11 is 6.79. The molecule has 0 radical (unpaired) electrons. The lowest BCUT2D eigenvalue weighted by Crippen LogP contribution is -2.38. The van der Waals surface area contributed by atoms with Crippen molar-refractivity contribution in [2.75, 3.05) is 44.8 Å². The van der Waals surface area contributed by atoms with Crippen molar-refractivity contribution in [1.82, 2.24) is 19.7 Å². The average Bonchev–Trinajstić information content (AvgIpc) is 3.23. The summed E-state index contributed by atoms with van der Waals surface area (Å²) in [5.41, 5.74) is 0.627. The lowest BCUT2D eigenvalue weighted by Gasteiger charge is -2.26. The van der Waals surface area contributed by atoms with Crippen molar-refractivity contribution in [3.63, 3.8) is 0 Å². The van der Waals surface area contributed by atoms with E-state index >= 15 is 0 Å². The Kier molecular flexibility index (Phi) is 7.57. The number of aromatic nitrogens is 3. The minimum Gasteiger partial charge on any atom is -0.491 e. The van der Waals surface area contributed by atoms with Crippen LogP contribution in [-0.2, 0) is 4.74 Å². The molecule has 8 nitrogen and oxygen atoms in total. The molecule has 33 heavy (non-hydrogen) atoms. The largest absolute Gasteiger partial charge is 0.491 e. The molecule has 1 saturated heterocycles. The summed E-state index contributed by atoms with van der Waals surface area (Å²) in [4.78, 5) is 7.14. The monoisotopic (exact) mass is 473 g/mol. The van der Waals surface area contributed by atoms with Gasteiger partial charge in [-0.1, -0.05) is 11.6 Å². The predicted molar refractivity (Wildman–Crippen MR) is 131 cm³/mol. The van der Waals surface area contributed by atoms with E-state index in [1.165, 1.54) is 0 Å². The average molecular weight is 474 g/mol. The van der Waals surface area contributed by atoms with Gasteiger partial charge in [-0.2, -0.15) is 0 Å². The Labute approximate surface area is 199 Å². The lowest BCUT2D eigenvalue weighted by atomic mass is 10.2. The fourth-order valence-electron chi connectivity index (χ4n) is 3.71. The smallest absolute Gasteiger partial charge is 0.157 e. The molecule has 1 fully saturated rings. The van der Waals surface area contributed by atoms with Crippen LogP contribution in [0.1, 0.15) is 27.7 Å². The van der Waals surface area contributed by atoms with E-state index < -0.39 is 0 Å². The molecule has 0 atom stereocenters. The first-order valence-electron chi connectivity index (χ1n) is 11.5. The van der Waals surface area contributed by atoms with Gasteiger partial charge in [-0.05, 0) is 39.8 Å². The van der Waals surface area contributed by atoms with Crippen molar-refractivity contribution in [3.05, 3.63) is 35.5 Å². The third kappa shape index (κ3) is 5.88. The van der Waals surface area contributed by atoms with Gasteiger partial charge in [0.25, 0.3) is 0 Å². The number of pyridine rings is 1. The molecule has 0 saturated carbocycles. The van der Waals surface area contributed by atoms with Crippen LogP contribution < -0.4 is 14.8 Å². The molecule has 3 heterocycles. The van der Waals surface area contributed by atoms with Gasteiger partial charge >= 0.3 is 0 Å². The highest BCUT2D eigenvalue weighted by molar-refractivity contribution is 6.36. The van der Waals surface area contributed by atoms with Gasteiger partial charge in [0, 0.05) is 49.4 Å². The number of anilines is 1. The molecule has 0 amide bonds. The van der Waals surface area contributed by atoms with Gasteiger partial charge in [0.15, 0.2) is 5.82 Å². The second-order valence-corrected chi connectivity index (χ2v) is 9.04. The van der Waals surface area contributed by atoms with E-state index in [0.717, 1.165) is 44.1 Å². The Morgan fingerprint density at radius 3 is 2.64 bits per heavy atom. The molecule has 1 N–H and O–H groups in total. The number of ether oxygens (including phenoxy) is 3. The van der Waals surface area contributed by atoms with E-state index in [0.29, 0.717) is 34.5 Å². The zero-order valence-electron chi connectivity index (χ0n) is 19.7. The number of halogens is 1. The van der Waals surface area contributed by atoms with Gasteiger partial charge in [0.05, 0.1) is 24.8 Å². The van der Waals surface area contributed by atoms with Crippen LogP contribution in [0.2, 0.25) is 5.02 Å². The number of hydrogen-bond acceptors (Lipinski definition) is 7. The summed E-state index contributed by atoms with van der Waals surface area (Å²) in [5, 5.41) is 9.21. The van der Waals surface area contributed by atoms with E-state index in [1.807, 2.05) is 44.3 Å². The zero-order valence-corrected chi connectivity index (χ0v) is 20.4. The third-order valence-corrected chi connectivity index (χ3v) is 5.59. The molecule has 1 aliphatic heterocycles. The number of morpholine rings is 1. The van der Waals surface area contributed by atoms with Crippen LogP contribution in [0.3, 0.4) is 0 Å². The topological polar surface area (TPSA) is 73.7 Å². The third-order valence-electron chi connectivity index (χ3n) is 5.22. The van der Waals surface area contributed by atoms with Crippen molar-refractivity contribution in [2.24, 2.45) is 0 Å². The highest BCUT2D eigenvalue weighted by Crippen LogP contribution is 2.37. The van der Waals surface area contributed by atoms with E-state index in [9.17, 15) is 0 Å². The first-order valence-corrected chi connectivity index (χ1v) is 11.8. The quantitative estimate of drug-likeness (QED) is 0.494. The highest BCUT2D eigenvalue weighted by Gasteiger charge is 2.17. The van der Waals surface area contributed by atoms with Crippen LogP contribution in [0.15, 0.2) is 30.5 Å². The number of nitrogens with one attached hydrogen (secondary N) is 1. The predicted octanol–water partition coefficient (Wildman–Crippen LogP) is 4.39. The molecular formula is C24H32ClN5O3. The number of nitrogens with zero attached hydrogens (tertiary/aromatic N) is 4. The second-order valence-electron chi connectivity index (χ2n) is 8.67. The van der Waals surface area contributed by atoms with Crippen LogP contribution >= 0.6 is 11.6 Å². The number of fused-ring (bicyclic) bond motifs is 1. The van der Waals surface area contributed by atoms with Gasteiger partial charge in [-0.25, -0.2) is 9.67 Å². The molecule has 0 unspecified atom stereocenters. The molecule has 0 spiro atoms. The van der Waals surface area contributed by atoms with Crippen molar-refractivity contribution in [2.45, 2.75) is 39.8 Å². The molecule has 2 aromatic heterocycles. The van der Waals surface area contributed by atoms with Gasteiger partial charge in [-0.3, -0.25) is 4.90 Å². The van der Waals surface area contributed by atoms with Crippen molar-refractivity contribution in [1.29, 1.82) is 0 Å². The molecule has 0 bridgehead atoms. The van der Waals surface area contributed by atoms with Crippen LogP contribution in [0.25, 0.3) is 16.7 Å². The minimum absolute atomic E-state index is 0.00228. The fourth-order valence-corrected chi connectivity index (χ4v) is 3.97. The Hall–Kier alpha value is -2.55. The van der Waals surface area contributed by atoms with Crippen molar-refractivity contribution in [3.8, 4) is 17.3 Å². The first-order chi connectivity index (χ1) is 15.9. The van der Waals surface area contributed by atoms with E-state index in [2.05, 4.69) is 29.2 Å². The van der Waals surface area contributed by atoms with E-state index in [-0.39, 0.29) is 12.1 Å². The minimum atomic E-state index is 0.00228. The summed E-state index contributed by atoms with van der Waals surface area (Å²) in [6, 6.07) is 7.93. The SMILES string of the molecule is CC(C)Nc1ccn(-c2cc(OC(C)C)c3ccc(OCCN4CCOCC4)c(Cl)c3n2)n1.